The molecule has 0 bridgehead atoms. The Morgan fingerprint density at radius 2 is 1.67 bits per heavy atom. The molecule has 0 spiro atoms. The van der Waals surface area contributed by atoms with Crippen molar-refractivity contribution in [1.29, 1.82) is 0 Å². The van der Waals surface area contributed by atoms with E-state index in [9.17, 15) is 8.42 Å². The number of rotatable bonds is 0. The minimum atomic E-state index is -2.98. The summed E-state index contributed by atoms with van der Waals surface area (Å²) in [5.41, 5.74) is 0. The van der Waals surface area contributed by atoms with Gasteiger partial charge in [-0.15, -0.1) is 0 Å². The van der Waals surface area contributed by atoms with Crippen molar-refractivity contribution in [3.63, 3.8) is 0 Å². The van der Waals surface area contributed by atoms with E-state index in [1.807, 2.05) is 0 Å². The van der Waals surface area contributed by atoms with Crippen molar-refractivity contribution in [2.24, 2.45) is 0 Å². The third-order valence-electron chi connectivity index (χ3n) is 0.524. The second-order valence-corrected chi connectivity index (χ2v) is 2.55. The molecular weight excluding hydrogens is 104 g/mol. The Hall–Kier alpha value is -0.130. The van der Waals surface area contributed by atoms with Crippen molar-refractivity contribution < 1.29 is 8.42 Å². The maximum Gasteiger partial charge on any atom is 0.279 e. The Morgan fingerprint density at radius 1 is 1.33 bits per heavy atom. The zero-order valence-corrected chi connectivity index (χ0v) is 3.75. The van der Waals surface area contributed by atoms with Gasteiger partial charge >= 0.3 is 0 Å². The fourth-order valence-electron chi connectivity index (χ4n) is 0.190. The second kappa shape index (κ2) is 0.927. The molecule has 0 unspecified atom stereocenters. The maximum absolute atomic E-state index is 9.86. The minimum Gasteiger partial charge on any atom is -0.195 e. The molecule has 0 saturated carbocycles. The lowest BCUT2D eigenvalue weighted by molar-refractivity contribution is 0.536. The van der Waals surface area contributed by atoms with Gasteiger partial charge in [-0.1, -0.05) is 0 Å². The van der Waals surface area contributed by atoms with Crippen LogP contribution in [-0.4, -0.2) is 15.1 Å². The smallest absolute Gasteiger partial charge is 0.195 e. The molecular formula is CH4N2O2S. The molecule has 36 valence electrons. The Bertz CT molecular complexity index is 126. The minimum absolute atomic E-state index is 0.377. The van der Waals surface area contributed by atoms with Crippen molar-refractivity contribution in [2.45, 2.75) is 0 Å². The molecule has 0 aliphatic carbocycles. The van der Waals surface area contributed by atoms with Gasteiger partial charge in [-0.2, -0.15) is 17.9 Å². The number of hydrogen-bond acceptors (Lipinski definition) is 2. The van der Waals surface area contributed by atoms with Crippen LogP contribution in [0.15, 0.2) is 0 Å². The highest BCUT2D eigenvalue weighted by atomic mass is 32.2. The quantitative estimate of drug-likeness (QED) is 0.392. The first-order valence-electron chi connectivity index (χ1n) is 1.45. The SMILES string of the molecule is O=S1(=O)NCN1. The van der Waals surface area contributed by atoms with Gasteiger partial charge in [0, 0.05) is 0 Å². The van der Waals surface area contributed by atoms with Crippen LogP contribution in [0.5, 0.6) is 0 Å². The van der Waals surface area contributed by atoms with Crippen LogP contribution < -0.4 is 9.44 Å². The molecule has 2 N–H and O–H groups in total. The molecule has 0 radical (unpaired) electrons. The van der Waals surface area contributed by atoms with Crippen LogP contribution in [0.4, 0.5) is 0 Å². The van der Waals surface area contributed by atoms with Crippen molar-refractivity contribution in [3.05, 3.63) is 0 Å². The average molecular weight is 108 g/mol. The van der Waals surface area contributed by atoms with E-state index >= 15 is 0 Å². The summed E-state index contributed by atoms with van der Waals surface area (Å²) in [6.07, 6.45) is 0. The largest absolute Gasteiger partial charge is 0.279 e. The van der Waals surface area contributed by atoms with Crippen LogP contribution in [0, 0.1) is 0 Å². The summed E-state index contributed by atoms with van der Waals surface area (Å²) < 4.78 is 24.0. The van der Waals surface area contributed by atoms with Crippen LogP contribution in [0.3, 0.4) is 0 Å². The van der Waals surface area contributed by atoms with Gasteiger partial charge in [0.25, 0.3) is 10.2 Å². The summed E-state index contributed by atoms with van der Waals surface area (Å²) in [5, 5.41) is 0. The van der Waals surface area contributed by atoms with Crippen LogP contribution in [0.1, 0.15) is 0 Å². The molecule has 1 rings (SSSR count). The second-order valence-electron chi connectivity index (χ2n) is 0.969. The average Bonchev–Trinajstić information content (AvgIpc) is 1.32. The third kappa shape index (κ3) is 0.515. The molecule has 0 aromatic carbocycles. The van der Waals surface area contributed by atoms with Gasteiger partial charge in [-0.3, -0.25) is 0 Å². The molecule has 0 aromatic rings. The van der Waals surface area contributed by atoms with Crippen molar-refractivity contribution in [2.75, 3.05) is 6.67 Å². The third-order valence-corrected chi connectivity index (χ3v) is 1.57. The summed E-state index contributed by atoms with van der Waals surface area (Å²) in [4.78, 5) is 0. The Kier molecular flexibility index (Phi) is 0.624. The predicted octanol–water partition coefficient (Wildman–Crippen LogP) is -1.62. The summed E-state index contributed by atoms with van der Waals surface area (Å²) in [6, 6.07) is 0. The molecule has 0 atom stereocenters. The Morgan fingerprint density at radius 3 is 1.67 bits per heavy atom. The van der Waals surface area contributed by atoms with E-state index in [2.05, 4.69) is 9.44 Å². The van der Waals surface area contributed by atoms with E-state index < -0.39 is 10.2 Å². The standard InChI is InChI=1S/CH4N2O2S/c4-6(5)2-1-3-6/h2-3H,1H2. The molecule has 5 heteroatoms. The molecule has 1 saturated heterocycles. The topological polar surface area (TPSA) is 58.2 Å². The van der Waals surface area contributed by atoms with Gasteiger partial charge < -0.3 is 0 Å². The van der Waals surface area contributed by atoms with Gasteiger partial charge in [0.15, 0.2) is 0 Å². The highest BCUT2D eigenvalue weighted by Gasteiger charge is 2.16. The van der Waals surface area contributed by atoms with Gasteiger partial charge in [0.05, 0.1) is 6.67 Å². The fourth-order valence-corrected chi connectivity index (χ4v) is 0.570. The van der Waals surface area contributed by atoms with Crippen molar-refractivity contribution in [3.8, 4) is 0 Å². The zero-order chi connectivity index (χ0) is 4.62. The van der Waals surface area contributed by atoms with E-state index in [0.29, 0.717) is 6.67 Å². The lowest BCUT2D eigenvalue weighted by Crippen LogP contribution is -2.53. The highest BCUT2D eigenvalue weighted by molar-refractivity contribution is 7.88. The van der Waals surface area contributed by atoms with Crippen LogP contribution >= 0.6 is 0 Å². The fraction of sp³-hybridized carbons (Fsp3) is 1.00. The van der Waals surface area contributed by atoms with Gasteiger partial charge in [-0.05, 0) is 0 Å². The summed E-state index contributed by atoms with van der Waals surface area (Å²) >= 11 is 0. The zero-order valence-electron chi connectivity index (χ0n) is 2.93. The molecule has 6 heavy (non-hydrogen) atoms. The van der Waals surface area contributed by atoms with Crippen LogP contribution in [-0.2, 0) is 10.2 Å². The number of nitrogens with one attached hydrogen (secondary N) is 2. The molecule has 0 amide bonds. The lowest BCUT2D eigenvalue weighted by atomic mass is 11.3. The molecule has 1 aliphatic heterocycles. The normalized spacial score (nSPS) is 28.7. The van der Waals surface area contributed by atoms with E-state index in [1.54, 1.807) is 0 Å². The first-order valence-corrected chi connectivity index (χ1v) is 2.93. The van der Waals surface area contributed by atoms with Gasteiger partial charge in [0.2, 0.25) is 0 Å². The monoisotopic (exact) mass is 108 g/mol. The molecule has 4 nitrogen and oxygen atoms in total. The van der Waals surface area contributed by atoms with Gasteiger partial charge in [0.1, 0.15) is 0 Å². The van der Waals surface area contributed by atoms with Crippen molar-refractivity contribution >= 4 is 10.2 Å². The summed E-state index contributed by atoms with van der Waals surface area (Å²) in [6.45, 7) is 0.377. The molecule has 1 heterocycles. The van der Waals surface area contributed by atoms with Crippen LogP contribution in [0.25, 0.3) is 0 Å². The lowest BCUT2D eigenvalue weighted by Gasteiger charge is -2.14. The summed E-state index contributed by atoms with van der Waals surface area (Å²) in [5.74, 6) is 0. The predicted molar refractivity (Wildman–Crippen MR) is 20.1 cm³/mol. The number of hydrogen-bond donors (Lipinski definition) is 2. The van der Waals surface area contributed by atoms with Crippen LogP contribution in [0.2, 0.25) is 0 Å². The van der Waals surface area contributed by atoms with E-state index in [1.165, 1.54) is 0 Å². The first-order chi connectivity index (χ1) is 2.71. The maximum atomic E-state index is 9.86. The van der Waals surface area contributed by atoms with Crippen molar-refractivity contribution in [1.82, 2.24) is 9.44 Å². The molecule has 0 aromatic heterocycles. The Balaban J connectivity index is 2.78. The first kappa shape index (κ1) is 4.04. The van der Waals surface area contributed by atoms with E-state index in [0.717, 1.165) is 0 Å². The molecule has 1 fully saturated rings. The van der Waals surface area contributed by atoms with E-state index in [-0.39, 0.29) is 0 Å². The highest BCUT2D eigenvalue weighted by Crippen LogP contribution is 1.80. The van der Waals surface area contributed by atoms with E-state index in [4.69, 9.17) is 0 Å². The van der Waals surface area contributed by atoms with Gasteiger partial charge in [-0.25, -0.2) is 0 Å². The Labute approximate surface area is 35.7 Å². The molecule has 1 aliphatic rings. The summed E-state index contributed by atoms with van der Waals surface area (Å²) in [7, 11) is -2.98.